The number of likely N-dealkylation sites (N-methyl/N-ethyl adjacent to an activating group) is 1. The van der Waals surface area contributed by atoms with Gasteiger partial charge >= 0.3 is 0 Å². The van der Waals surface area contributed by atoms with E-state index in [0.29, 0.717) is 31.5 Å². The SMILES string of the molecule is CCCCNC(=O)[C@@H]1CCCN1C(=O)C(C)=C[C@H](C(C)C)N(C)C(=O)CNC=O. The Kier molecular flexibility index (Phi) is 10.4. The highest BCUT2D eigenvalue weighted by Crippen LogP contribution is 2.21. The number of hydrogen-bond donors (Lipinski definition) is 2. The second kappa shape index (κ2) is 12.2. The average molecular weight is 409 g/mol. The zero-order valence-electron chi connectivity index (χ0n) is 18.4. The molecule has 0 aromatic carbocycles. The molecule has 0 radical (unpaired) electrons. The Balaban J connectivity index is 2.88. The lowest BCUT2D eigenvalue weighted by atomic mass is 9.99. The fraction of sp³-hybridized carbons (Fsp3) is 0.714. The van der Waals surface area contributed by atoms with E-state index >= 15 is 0 Å². The van der Waals surface area contributed by atoms with E-state index in [-0.39, 0.29) is 36.2 Å². The molecule has 8 nitrogen and oxygen atoms in total. The number of rotatable bonds is 11. The van der Waals surface area contributed by atoms with Crippen molar-refractivity contribution in [2.45, 2.75) is 65.5 Å². The van der Waals surface area contributed by atoms with Gasteiger partial charge in [0.2, 0.25) is 24.1 Å². The molecule has 2 N–H and O–H groups in total. The van der Waals surface area contributed by atoms with Crippen molar-refractivity contribution < 1.29 is 19.2 Å². The molecule has 0 unspecified atom stereocenters. The summed E-state index contributed by atoms with van der Waals surface area (Å²) in [6.07, 6.45) is 5.66. The van der Waals surface area contributed by atoms with Gasteiger partial charge in [-0.15, -0.1) is 0 Å². The van der Waals surface area contributed by atoms with E-state index < -0.39 is 6.04 Å². The van der Waals surface area contributed by atoms with Gasteiger partial charge in [-0.3, -0.25) is 19.2 Å². The second-order valence-corrected chi connectivity index (χ2v) is 7.89. The van der Waals surface area contributed by atoms with Gasteiger partial charge in [-0.05, 0) is 32.1 Å². The maximum absolute atomic E-state index is 13.0. The van der Waals surface area contributed by atoms with E-state index in [1.165, 1.54) is 4.90 Å². The van der Waals surface area contributed by atoms with Crippen molar-refractivity contribution in [3.05, 3.63) is 11.6 Å². The molecule has 29 heavy (non-hydrogen) atoms. The van der Waals surface area contributed by atoms with Crippen LogP contribution in [0.15, 0.2) is 11.6 Å². The maximum Gasteiger partial charge on any atom is 0.249 e. The molecule has 0 bridgehead atoms. The number of hydrogen-bond acceptors (Lipinski definition) is 4. The molecule has 1 rings (SSSR count). The molecule has 1 aliphatic rings. The Morgan fingerprint density at radius 2 is 1.97 bits per heavy atom. The molecule has 1 aliphatic heterocycles. The van der Waals surface area contributed by atoms with Gasteiger partial charge in [-0.1, -0.05) is 33.3 Å². The van der Waals surface area contributed by atoms with Crippen LogP contribution in [-0.2, 0) is 19.2 Å². The molecule has 0 spiro atoms. The normalized spacial score (nSPS) is 17.8. The molecule has 1 heterocycles. The number of nitrogens with one attached hydrogen (secondary N) is 2. The van der Waals surface area contributed by atoms with Gasteiger partial charge in [0.25, 0.3) is 0 Å². The third-order valence-electron chi connectivity index (χ3n) is 5.26. The van der Waals surface area contributed by atoms with Crippen molar-refractivity contribution in [3.8, 4) is 0 Å². The van der Waals surface area contributed by atoms with Gasteiger partial charge in [-0.2, -0.15) is 0 Å². The maximum atomic E-state index is 13.0. The number of nitrogens with zero attached hydrogens (tertiary/aromatic N) is 2. The molecule has 0 aromatic rings. The molecule has 1 saturated heterocycles. The van der Waals surface area contributed by atoms with E-state index in [2.05, 4.69) is 17.6 Å². The monoisotopic (exact) mass is 408 g/mol. The lowest BCUT2D eigenvalue weighted by molar-refractivity contribution is -0.135. The quantitative estimate of drug-likeness (QED) is 0.303. The van der Waals surface area contributed by atoms with Crippen LogP contribution >= 0.6 is 0 Å². The number of unbranched alkanes of at least 4 members (excludes halogenated alkanes) is 1. The topological polar surface area (TPSA) is 98.8 Å². The van der Waals surface area contributed by atoms with Crippen molar-refractivity contribution in [3.63, 3.8) is 0 Å². The van der Waals surface area contributed by atoms with E-state index in [4.69, 9.17) is 0 Å². The summed E-state index contributed by atoms with van der Waals surface area (Å²) < 4.78 is 0. The molecular weight excluding hydrogens is 372 g/mol. The molecule has 0 aliphatic carbocycles. The summed E-state index contributed by atoms with van der Waals surface area (Å²) in [7, 11) is 1.66. The minimum absolute atomic E-state index is 0.0784. The van der Waals surface area contributed by atoms with Gasteiger partial charge in [0.15, 0.2) is 0 Å². The molecule has 0 saturated carbocycles. The first-order chi connectivity index (χ1) is 13.7. The summed E-state index contributed by atoms with van der Waals surface area (Å²) in [6, 6.07) is -0.726. The van der Waals surface area contributed by atoms with Crippen LogP contribution in [0.5, 0.6) is 0 Å². The third kappa shape index (κ3) is 7.18. The van der Waals surface area contributed by atoms with Crippen molar-refractivity contribution in [2.75, 3.05) is 26.7 Å². The van der Waals surface area contributed by atoms with E-state index in [9.17, 15) is 19.2 Å². The number of likely N-dealkylation sites (tertiary alicyclic amines) is 1. The van der Waals surface area contributed by atoms with E-state index in [0.717, 1.165) is 19.3 Å². The first-order valence-electron chi connectivity index (χ1n) is 10.4. The van der Waals surface area contributed by atoms with E-state index in [1.807, 2.05) is 13.8 Å². The van der Waals surface area contributed by atoms with Gasteiger partial charge in [0.1, 0.15) is 6.04 Å². The van der Waals surface area contributed by atoms with Crippen LogP contribution in [0, 0.1) is 5.92 Å². The van der Waals surface area contributed by atoms with Crippen molar-refractivity contribution in [1.29, 1.82) is 0 Å². The minimum atomic E-state index is -0.434. The standard InChI is InChI=1S/C21H36N4O4/c1-6-7-10-23-20(28)17-9-8-11-25(17)21(29)16(4)12-18(15(2)3)24(5)19(27)13-22-14-26/h12,14-15,17-18H,6-11,13H2,1-5H3,(H,22,26)(H,23,28)/t17-,18+/m0/s1. The molecule has 2 atom stereocenters. The predicted octanol–water partition coefficient (Wildman–Crippen LogP) is 1.07. The van der Waals surface area contributed by atoms with Crippen LogP contribution in [0.25, 0.3) is 0 Å². The fourth-order valence-corrected chi connectivity index (χ4v) is 3.51. The molecule has 8 heteroatoms. The van der Waals surface area contributed by atoms with Crippen LogP contribution in [0.1, 0.15) is 53.4 Å². The number of carbonyl (C=O) groups is 4. The Morgan fingerprint density at radius 1 is 1.28 bits per heavy atom. The molecular formula is C21H36N4O4. The van der Waals surface area contributed by atoms with Crippen molar-refractivity contribution in [1.82, 2.24) is 20.4 Å². The lowest BCUT2D eigenvalue weighted by Gasteiger charge is -2.30. The predicted molar refractivity (Wildman–Crippen MR) is 112 cm³/mol. The van der Waals surface area contributed by atoms with Gasteiger partial charge in [-0.25, -0.2) is 0 Å². The Labute approximate surface area is 174 Å². The van der Waals surface area contributed by atoms with Crippen molar-refractivity contribution >= 4 is 24.1 Å². The fourth-order valence-electron chi connectivity index (χ4n) is 3.51. The Hall–Kier alpha value is -2.38. The third-order valence-corrected chi connectivity index (χ3v) is 5.26. The first kappa shape index (κ1) is 24.7. The minimum Gasteiger partial charge on any atom is -0.354 e. The largest absolute Gasteiger partial charge is 0.354 e. The number of amides is 4. The average Bonchev–Trinajstić information content (AvgIpc) is 3.18. The molecule has 4 amide bonds. The molecule has 164 valence electrons. The van der Waals surface area contributed by atoms with Gasteiger partial charge < -0.3 is 20.4 Å². The zero-order chi connectivity index (χ0) is 22.0. The zero-order valence-corrected chi connectivity index (χ0v) is 18.4. The van der Waals surface area contributed by atoms with Crippen LogP contribution in [0.4, 0.5) is 0 Å². The van der Waals surface area contributed by atoms with Gasteiger partial charge in [0, 0.05) is 25.7 Å². The summed E-state index contributed by atoms with van der Waals surface area (Å²) in [5.41, 5.74) is 0.514. The smallest absolute Gasteiger partial charge is 0.249 e. The van der Waals surface area contributed by atoms with Crippen molar-refractivity contribution in [2.24, 2.45) is 5.92 Å². The molecule has 1 fully saturated rings. The van der Waals surface area contributed by atoms with Crippen LogP contribution < -0.4 is 10.6 Å². The van der Waals surface area contributed by atoms with Crippen LogP contribution in [0.3, 0.4) is 0 Å². The summed E-state index contributed by atoms with van der Waals surface area (Å²) in [5, 5.41) is 5.29. The Morgan fingerprint density at radius 3 is 2.55 bits per heavy atom. The number of carbonyl (C=O) groups excluding carboxylic acids is 4. The van der Waals surface area contributed by atoms with E-state index in [1.54, 1.807) is 24.9 Å². The highest BCUT2D eigenvalue weighted by molar-refractivity contribution is 5.97. The lowest BCUT2D eigenvalue weighted by Crippen LogP contribution is -2.47. The highest BCUT2D eigenvalue weighted by atomic mass is 16.2. The highest BCUT2D eigenvalue weighted by Gasteiger charge is 2.34. The summed E-state index contributed by atoms with van der Waals surface area (Å²) in [6.45, 7) is 8.82. The molecule has 0 aromatic heterocycles. The summed E-state index contributed by atoms with van der Waals surface area (Å²) >= 11 is 0. The first-order valence-corrected chi connectivity index (χ1v) is 10.4. The summed E-state index contributed by atoms with van der Waals surface area (Å²) in [4.78, 5) is 51.4. The van der Waals surface area contributed by atoms with Crippen LogP contribution in [0.2, 0.25) is 0 Å². The second-order valence-electron chi connectivity index (χ2n) is 7.89. The van der Waals surface area contributed by atoms with Crippen LogP contribution in [-0.4, -0.2) is 72.7 Å². The van der Waals surface area contributed by atoms with Gasteiger partial charge in [0.05, 0.1) is 12.6 Å². The summed E-state index contributed by atoms with van der Waals surface area (Å²) in [5.74, 6) is -0.420. The Bertz CT molecular complexity index is 618.